The number of aliphatic hydroxyl groups is 1. The highest BCUT2D eigenvalue weighted by molar-refractivity contribution is 5.89. The first-order valence-electron chi connectivity index (χ1n) is 7.28. The maximum absolute atomic E-state index is 13.6. The fourth-order valence-corrected chi connectivity index (χ4v) is 2.33. The normalized spacial score (nSPS) is 13.2. The number of nitrogens with one attached hydrogen (secondary N) is 2. The monoisotopic (exact) mass is 348 g/mol. The average molecular weight is 348 g/mol. The van der Waals surface area contributed by atoms with Gasteiger partial charge in [-0.1, -0.05) is 6.07 Å². The standard InChI is InChI=1S/C17H14F2N2O4/c18-12-3-1-4-13(19)15(12)21-16(22)20-10-17(23,11-6-8-24-9-11)14-5-2-7-25-14/h1-9,23H,10H2,(H2,20,21,22). The molecule has 25 heavy (non-hydrogen) atoms. The van der Waals surface area contributed by atoms with Gasteiger partial charge < -0.3 is 24.6 Å². The molecule has 0 aliphatic rings. The molecule has 0 aliphatic carbocycles. The Hall–Kier alpha value is -3.13. The molecule has 6 nitrogen and oxygen atoms in total. The lowest BCUT2D eigenvalue weighted by molar-refractivity contribution is 0.0587. The van der Waals surface area contributed by atoms with Crippen LogP contribution in [0.15, 0.2) is 64.0 Å². The maximum atomic E-state index is 13.6. The molecule has 0 saturated heterocycles. The quantitative estimate of drug-likeness (QED) is 0.661. The molecule has 3 aromatic rings. The lowest BCUT2D eigenvalue weighted by Gasteiger charge is -2.25. The Morgan fingerprint density at radius 1 is 1.12 bits per heavy atom. The molecule has 8 heteroatoms. The average Bonchev–Trinajstić information content (AvgIpc) is 3.30. The van der Waals surface area contributed by atoms with E-state index in [9.17, 15) is 18.7 Å². The second-order valence-electron chi connectivity index (χ2n) is 5.25. The number of anilines is 1. The number of hydrogen-bond donors (Lipinski definition) is 3. The molecule has 0 fully saturated rings. The molecule has 1 unspecified atom stereocenters. The van der Waals surface area contributed by atoms with Crippen molar-refractivity contribution in [3.05, 3.63) is 78.1 Å². The number of hydrogen-bond acceptors (Lipinski definition) is 4. The summed E-state index contributed by atoms with van der Waals surface area (Å²) >= 11 is 0. The molecule has 1 atom stereocenters. The lowest BCUT2D eigenvalue weighted by atomic mass is 9.93. The third kappa shape index (κ3) is 3.38. The SMILES string of the molecule is O=C(NCC(O)(c1ccoc1)c1ccco1)Nc1c(F)cccc1F. The van der Waals surface area contributed by atoms with Gasteiger partial charge in [-0.3, -0.25) is 0 Å². The van der Waals surface area contributed by atoms with E-state index in [0.29, 0.717) is 5.56 Å². The Balaban J connectivity index is 1.75. The highest BCUT2D eigenvalue weighted by atomic mass is 19.1. The van der Waals surface area contributed by atoms with E-state index in [-0.39, 0.29) is 12.3 Å². The Morgan fingerprint density at radius 2 is 1.88 bits per heavy atom. The number of carbonyl (C=O) groups excluding carboxylic acids is 1. The number of urea groups is 1. The minimum Gasteiger partial charge on any atom is -0.472 e. The third-order valence-electron chi connectivity index (χ3n) is 3.63. The van der Waals surface area contributed by atoms with Crippen LogP contribution in [0.1, 0.15) is 11.3 Å². The van der Waals surface area contributed by atoms with Gasteiger partial charge in [0.1, 0.15) is 23.1 Å². The zero-order valence-corrected chi connectivity index (χ0v) is 12.8. The van der Waals surface area contributed by atoms with Crippen molar-refractivity contribution >= 4 is 11.7 Å². The van der Waals surface area contributed by atoms with E-state index in [0.717, 1.165) is 12.1 Å². The van der Waals surface area contributed by atoms with Crippen molar-refractivity contribution in [2.45, 2.75) is 5.60 Å². The first-order valence-corrected chi connectivity index (χ1v) is 7.28. The predicted molar refractivity (Wildman–Crippen MR) is 83.8 cm³/mol. The number of benzene rings is 1. The van der Waals surface area contributed by atoms with E-state index in [1.165, 1.54) is 37.0 Å². The van der Waals surface area contributed by atoms with Gasteiger partial charge in [-0.05, 0) is 30.3 Å². The Bertz CT molecular complexity index is 793. The van der Waals surface area contributed by atoms with Gasteiger partial charge in [0.15, 0.2) is 5.60 Å². The second kappa shape index (κ2) is 6.78. The highest BCUT2D eigenvalue weighted by Gasteiger charge is 2.36. The largest absolute Gasteiger partial charge is 0.472 e. The number of furan rings is 2. The lowest BCUT2D eigenvalue weighted by Crippen LogP contribution is -2.43. The van der Waals surface area contributed by atoms with Gasteiger partial charge in [0.05, 0.1) is 25.3 Å². The van der Waals surface area contributed by atoms with Gasteiger partial charge in [-0.2, -0.15) is 0 Å². The molecule has 130 valence electrons. The molecule has 3 rings (SSSR count). The minimum atomic E-state index is -1.71. The highest BCUT2D eigenvalue weighted by Crippen LogP contribution is 2.30. The van der Waals surface area contributed by atoms with Crippen molar-refractivity contribution in [3.8, 4) is 0 Å². The summed E-state index contributed by atoms with van der Waals surface area (Å²) in [5, 5.41) is 15.4. The molecule has 0 aliphatic heterocycles. The zero-order chi connectivity index (χ0) is 17.9. The third-order valence-corrected chi connectivity index (χ3v) is 3.63. The number of amides is 2. The number of rotatable bonds is 5. The predicted octanol–water partition coefficient (Wildman–Crippen LogP) is 3.21. The molecule has 2 aromatic heterocycles. The van der Waals surface area contributed by atoms with Gasteiger partial charge in [-0.15, -0.1) is 0 Å². The summed E-state index contributed by atoms with van der Waals surface area (Å²) in [6.45, 7) is -0.318. The first-order chi connectivity index (χ1) is 12.0. The van der Waals surface area contributed by atoms with Crippen LogP contribution in [0.4, 0.5) is 19.3 Å². The Morgan fingerprint density at radius 3 is 2.48 bits per heavy atom. The maximum Gasteiger partial charge on any atom is 0.319 e. The van der Waals surface area contributed by atoms with Gasteiger partial charge >= 0.3 is 6.03 Å². The van der Waals surface area contributed by atoms with Crippen LogP contribution < -0.4 is 10.6 Å². The van der Waals surface area contributed by atoms with E-state index in [2.05, 4.69) is 10.6 Å². The Labute approximate surface area is 141 Å². The van der Waals surface area contributed by atoms with Crippen LogP contribution in [0.2, 0.25) is 0 Å². The summed E-state index contributed by atoms with van der Waals surface area (Å²) in [5.74, 6) is -1.65. The van der Waals surface area contributed by atoms with Crippen molar-refractivity contribution in [3.63, 3.8) is 0 Å². The molecule has 0 radical (unpaired) electrons. The van der Waals surface area contributed by atoms with Crippen LogP contribution in [0.5, 0.6) is 0 Å². The van der Waals surface area contributed by atoms with Crippen molar-refractivity contribution in [1.29, 1.82) is 0 Å². The van der Waals surface area contributed by atoms with Crippen LogP contribution >= 0.6 is 0 Å². The molecule has 0 spiro atoms. The zero-order valence-electron chi connectivity index (χ0n) is 12.8. The van der Waals surface area contributed by atoms with Crippen LogP contribution in [-0.2, 0) is 5.60 Å². The molecular weight excluding hydrogens is 334 g/mol. The van der Waals surface area contributed by atoms with Crippen molar-refractivity contribution in [1.82, 2.24) is 5.32 Å². The van der Waals surface area contributed by atoms with Crippen LogP contribution in [0.3, 0.4) is 0 Å². The molecule has 0 saturated carbocycles. The summed E-state index contributed by atoms with van der Waals surface area (Å²) in [4.78, 5) is 12.0. The summed E-state index contributed by atoms with van der Waals surface area (Å²) in [7, 11) is 0. The number of para-hydroxylation sites is 1. The molecule has 3 N–H and O–H groups in total. The van der Waals surface area contributed by atoms with Crippen LogP contribution in [-0.4, -0.2) is 17.7 Å². The smallest absolute Gasteiger partial charge is 0.319 e. The van der Waals surface area contributed by atoms with Gasteiger partial charge in [0, 0.05) is 5.56 Å². The molecule has 0 bridgehead atoms. The van der Waals surface area contributed by atoms with Crippen LogP contribution in [0.25, 0.3) is 0 Å². The van der Waals surface area contributed by atoms with Gasteiger partial charge in [-0.25, -0.2) is 13.6 Å². The van der Waals surface area contributed by atoms with E-state index in [4.69, 9.17) is 8.83 Å². The van der Waals surface area contributed by atoms with Crippen molar-refractivity contribution in [2.75, 3.05) is 11.9 Å². The number of carbonyl (C=O) groups is 1. The van der Waals surface area contributed by atoms with E-state index in [1.54, 1.807) is 6.07 Å². The van der Waals surface area contributed by atoms with E-state index >= 15 is 0 Å². The van der Waals surface area contributed by atoms with Crippen molar-refractivity contribution < 1.29 is 27.5 Å². The summed E-state index contributed by atoms with van der Waals surface area (Å²) < 4.78 is 37.3. The molecule has 2 amide bonds. The first kappa shape index (κ1) is 16.7. The summed E-state index contributed by atoms with van der Waals surface area (Å²) in [5.41, 5.74) is -1.94. The molecule has 1 aromatic carbocycles. The summed E-state index contributed by atoms with van der Waals surface area (Å²) in [6, 6.07) is 6.95. The van der Waals surface area contributed by atoms with Crippen molar-refractivity contribution in [2.24, 2.45) is 0 Å². The number of halogens is 2. The van der Waals surface area contributed by atoms with Crippen LogP contribution in [0, 0.1) is 11.6 Å². The fraction of sp³-hybridized carbons (Fsp3) is 0.118. The molecule has 2 heterocycles. The molecular formula is C17H14F2N2O4. The second-order valence-corrected chi connectivity index (χ2v) is 5.25. The summed E-state index contributed by atoms with van der Waals surface area (Å²) in [6.07, 6.45) is 4.03. The van der Waals surface area contributed by atoms with E-state index < -0.39 is 29.0 Å². The minimum absolute atomic E-state index is 0.172. The van der Waals surface area contributed by atoms with Gasteiger partial charge in [0.25, 0.3) is 0 Å². The topological polar surface area (TPSA) is 87.6 Å². The Kier molecular flexibility index (Phi) is 4.53. The fourth-order valence-electron chi connectivity index (χ4n) is 2.33. The van der Waals surface area contributed by atoms with E-state index in [1.807, 2.05) is 0 Å². The van der Waals surface area contributed by atoms with Gasteiger partial charge in [0.2, 0.25) is 0 Å².